The molecule has 0 saturated carbocycles. The van der Waals surface area contributed by atoms with E-state index in [9.17, 15) is 9.59 Å². The van der Waals surface area contributed by atoms with E-state index in [1.807, 2.05) is 13.8 Å². The molecule has 0 aromatic heterocycles. The van der Waals surface area contributed by atoms with Crippen molar-refractivity contribution in [1.82, 2.24) is 9.80 Å². The molecule has 2 amide bonds. The lowest BCUT2D eigenvalue weighted by molar-refractivity contribution is -0.141. The quantitative estimate of drug-likeness (QED) is 0.534. The van der Waals surface area contributed by atoms with Gasteiger partial charge in [-0.2, -0.15) is 0 Å². The summed E-state index contributed by atoms with van der Waals surface area (Å²) in [7, 11) is 0. The summed E-state index contributed by atoms with van der Waals surface area (Å²) in [6.07, 6.45) is 1.31. The van der Waals surface area contributed by atoms with Crippen LogP contribution in [0.25, 0.3) is 0 Å². The summed E-state index contributed by atoms with van der Waals surface area (Å²) >= 11 is 0. The number of amides is 2. The largest absolute Gasteiger partial charge is 0.335 e. The fraction of sp³-hybridized carbons (Fsp3) is 0.538. The van der Waals surface area contributed by atoms with E-state index in [0.29, 0.717) is 13.1 Å². The van der Waals surface area contributed by atoms with Crippen molar-refractivity contribution in [2.45, 2.75) is 32.9 Å². The first-order valence-electron chi connectivity index (χ1n) is 5.74. The SMILES string of the molecule is C=CC(=O)N1CC(C)N(C(C)=O)C(C(=C)C)C1. The topological polar surface area (TPSA) is 40.6 Å². The monoisotopic (exact) mass is 236 g/mol. The van der Waals surface area contributed by atoms with Crippen LogP contribution in [0.2, 0.25) is 0 Å². The van der Waals surface area contributed by atoms with Crippen LogP contribution < -0.4 is 0 Å². The zero-order chi connectivity index (χ0) is 13.2. The van der Waals surface area contributed by atoms with Crippen molar-refractivity contribution < 1.29 is 9.59 Å². The Balaban J connectivity index is 2.95. The van der Waals surface area contributed by atoms with Gasteiger partial charge in [-0.3, -0.25) is 9.59 Å². The van der Waals surface area contributed by atoms with E-state index >= 15 is 0 Å². The molecule has 1 fully saturated rings. The zero-order valence-corrected chi connectivity index (χ0v) is 10.8. The number of carbonyl (C=O) groups is 2. The maximum atomic E-state index is 11.6. The summed E-state index contributed by atoms with van der Waals surface area (Å²) in [5, 5.41) is 0. The van der Waals surface area contributed by atoms with Crippen LogP contribution in [0.5, 0.6) is 0 Å². The van der Waals surface area contributed by atoms with E-state index in [0.717, 1.165) is 5.57 Å². The molecule has 17 heavy (non-hydrogen) atoms. The molecule has 1 rings (SSSR count). The van der Waals surface area contributed by atoms with E-state index in [1.165, 1.54) is 6.08 Å². The van der Waals surface area contributed by atoms with Crippen molar-refractivity contribution in [3.63, 3.8) is 0 Å². The van der Waals surface area contributed by atoms with Gasteiger partial charge in [-0.1, -0.05) is 18.7 Å². The average Bonchev–Trinajstić information content (AvgIpc) is 2.26. The lowest BCUT2D eigenvalue weighted by Gasteiger charge is -2.45. The number of nitrogens with zero attached hydrogens (tertiary/aromatic N) is 2. The van der Waals surface area contributed by atoms with Crippen molar-refractivity contribution in [1.29, 1.82) is 0 Å². The Kier molecular flexibility index (Phi) is 4.10. The van der Waals surface area contributed by atoms with Crippen LogP contribution in [0.3, 0.4) is 0 Å². The summed E-state index contributed by atoms with van der Waals surface area (Å²) in [6.45, 7) is 13.8. The highest BCUT2D eigenvalue weighted by Gasteiger charge is 2.35. The minimum atomic E-state index is -0.0971. The van der Waals surface area contributed by atoms with Crippen molar-refractivity contribution >= 4 is 11.8 Å². The Morgan fingerprint density at radius 1 is 1.29 bits per heavy atom. The standard InChI is InChI=1S/C13H20N2O2/c1-6-13(17)14-7-10(4)15(11(5)16)12(8-14)9(2)3/h6,10,12H,1-2,7-8H2,3-5H3. The summed E-state index contributed by atoms with van der Waals surface area (Å²) in [5.74, 6) is -0.0671. The third kappa shape index (κ3) is 2.75. The number of rotatable bonds is 2. The van der Waals surface area contributed by atoms with Gasteiger partial charge in [-0.25, -0.2) is 0 Å². The highest BCUT2D eigenvalue weighted by atomic mass is 16.2. The second-order valence-corrected chi connectivity index (χ2v) is 4.58. The molecule has 0 N–H and O–H groups in total. The lowest BCUT2D eigenvalue weighted by atomic mass is 10.0. The van der Waals surface area contributed by atoms with Gasteiger partial charge in [0.2, 0.25) is 11.8 Å². The van der Waals surface area contributed by atoms with Crippen LogP contribution in [0.4, 0.5) is 0 Å². The maximum absolute atomic E-state index is 11.6. The number of hydrogen-bond donors (Lipinski definition) is 0. The third-order valence-corrected chi connectivity index (χ3v) is 3.11. The summed E-state index contributed by atoms with van der Waals surface area (Å²) in [4.78, 5) is 26.8. The molecule has 0 spiro atoms. The molecule has 0 bridgehead atoms. The van der Waals surface area contributed by atoms with Gasteiger partial charge >= 0.3 is 0 Å². The van der Waals surface area contributed by atoms with Gasteiger partial charge in [0, 0.05) is 26.1 Å². The van der Waals surface area contributed by atoms with Crippen molar-refractivity contribution in [2.75, 3.05) is 13.1 Å². The fourth-order valence-corrected chi connectivity index (χ4v) is 2.32. The first-order chi connectivity index (χ1) is 7.88. The molecule has 4 heteroatoms. The molecule has 1 aliphatic heterocycles. The third-order valence-electron chi connectivity index (χ3n) is 3.11. The Labute approximate surface area is 103 Å². The van der Waals surface area contributed by atoms with Crippen LogP contribution in [0, 0.1) is 0 Å². The normalized spacial score (nSPS) is 24.4. The smallest absolute Gasteiger partial charge is 0.246 e. The predicted molar refractivity (Wildman–Crippen MR) is 67.4 cm³/mol. The van der Waals surface area contributed by atoms with E-state index in [4.69, 9.17) is 0 Å². The van der Waals surface area contributed by atoms with E-state index in [-0.39, 0.29) is 23.9 Å². The first kappa shape index (κ1) is 13.5. The molecule has 2 unspecified atom stereocenters. The molecule has 2 atom stereocenters. The van der Waals surface area contributed by atoms with Crippen LogP contribution in [-0.4, -0.2) is 46.8 Å². The van der Waals surface area contributed by atoms with Crippen LogP contribution in [0.15, 0.2) is 24.8 Å². The molecule has 0 radical (unpaired) electrons. The molecule has 1 aliphatic rings. The Bertz CT molecular complexity index is 362. The lowest BCUT2D eigenvalue weighted by Crippen LogP contribution is -2.60. The van der Waals surface area contributed by atoms with Gasteiger partial charge in [0.1, 0.15) is 0 Å². The van der Waals surface area contributed by atoms with Crippen molar-refractivity contribution in [3.05, 3.63) is 24.8 Å². The second-order valence-electron chi connectivity index (χ2n) is 4.58. The summed E-state index contributed by atoms with van der Waals surface area (Å²) in [6, 6.07) is -0.0907. The molecule has 0 aliphatic carbocycles. The van der Waals surface area contributed by atoms with Crippen molar-refractivity contribution in [3.8, 4) is 0 Å². The van der Waals surface area contributed by atoms with Gasteiger partial charge < -0.3 is 9.80 Å². The van der Waals surface area contributed by atoms with Crippen LogP contribution >= 0.6 is 0 Å². The highest BCUT2D eigenvalue weighted by Crippen LogP contribution is 2.20. The number of carbonyl (C=O) groups excluding carboxylic acids is 2. The molecule has 4 nitrogen and oxygen atoms in total. The zero-order valence-electron chi connectivity index (χ0n) is 10.8. The molecular weight excluding hydrogens is 216 g/mol. The fourth-order valence-electron chi connectivity index (χ4n) is 2.32. The maximum Gasteiger partial charge on any atom is 0.246 e. The molecule has 1 heterocycles. The van der Waals surface area contributed by atoms with Gasteiger partial charge in [0.25, 0.3) is 0 Å². The van der Waals surface area contributed by atoms with E-state index < -0.39 is 0 Å². The summed E-state index contributed by atoms with van der Waals surface area (Å²) < 4.78 is 0. The average molecular weight is 236 g/mol. The van der Waals surface area contributed by atoms with Gasteiger partial charge in [-0.15, -0.1) is 0 Å². The number of piperazine rings is 1. The van der Waals surface area contributed by atoms with Crippen LogP contribution in [-0.2, 0) is 9.59 Å². The minimum Gasteiger partial charge on any atom is -0.335 e. The van der Waals surface area contributed by atoms with Crippen LogP contribution in [0.1, 0.15) is 20.8 Å². The Morgan fingerprint density at radius 2 is 1.88 bits per heavy atom. The second kappa shape index (κ2) is 5.17. The van der Waals surface area contributed by atoms with Gasteiger partial charge in [0.15, 0.2) is 0 Å². The Morgan fingerprint density at radius 3 is 2.29 bits per heavy atom. The summed E-state index contributed by atoms with van der Waals surface area (Å²) in [5.41, 5.74) is 0.897. The van der Waals surface area contributed by atoms with E-state index in [1.54, 1.807) is 16.7 Å². The first-order valence-corrected chi connectivity index (χ1v) is 5.74. The predicted octanol–water partition coefficient (Wildman–Crippen LogP) is 1.20. The molecule has 1 saturated heterocycles. The van der Waals surface area contributed by atoms with Gasteiger partial charge in [0.05, 0.1) is 6.04 Å². The minimum absolute atomic E-state index is 0.00634. The molecule has 0 aromatic carbocycles. The molecule has 94 valence electrons. The van der Waals surface area contributed by atoms with Crippen molar-refractivity contribution in [2.24, 2.45) is 0 Å². The highest BCUT2D eigenvalue weighted by molar-refractivity contribution is 5.87. The van der Waals surface area contributed by atoms with Gasteiger partial charge in [-0.05, 0) is 19.9 Å². The molecular formula is C13H20N2O2. The Hall–Kier alpha value is -1.58. The number of hydrogen-bond acceptors (Lipinski definition) is 2. The van der Waals surface area contributed by atoms with E-state index in [2.05, 4.69) is 13.2 Å². The molecule has 0 aromatic rings.